The minimum absolute atomic E-state index is 0.00475. The molecule has 0 atom stereocenters. The molecule has 0 spiro atoms. The summed E-state index contributed by atoms with van der Waals surface area (Å²) in [7, 11) is 0. The van der Waals surface area contributed by atoms with Gasteiger partial charge in [0.15, 0.2) is 0 Å². The van der Waals surface area contributed by atoms with Crippen LogP contribution in [0.3, 0.4) is 0 Å². The van der Waals surface area contributed by atoms with Crippen molar-refractivity contribution in [3.63, 3.8) is 0 Å². The van der Waals surface area contributed by atoms with Crippen molar-refractivity contribution in [1.29, 1.82) is 0 Å². The van der Waals surface area contributed by atoms with Crippen molar-refractivity contribution in [2.45, 2.75) is 13.5 Å². The van der Waals surface area contributed by atoms with Crippen LogP contribution in [-0.4, -0.2) is 4.98 Å². The maximum Gasteiger partial charge on any atom is 0.266 e. The van der Waals surface area contributed by atoms with Crippen LogP contribution in [0.15, 0.2) is 39.6 Å². The second kappa shape index (κ2) is 8.41. The Morgan fingerprint density at radius 3 is 2.31 bits per heavy atom. The molecule has 0 aliphatic heterocycles. The van der Waals surface area contributed by atoms with E-state index in [-0.39, 0.29) is 32.6 Å². The quantitative estimate of drug-likeness (QED) is 0.493. The first-order valence-electron chi connectivity index (χ1n) is 8.34. The van der Waals surface area contributed by atoms with Crippen LogP contribution in [0.25, 0.3) is 11.1 Å². The van der Waals surface area contributed by atoms with E-state index in [9.17, 15) is 22.4 Å². The first-order chi connectivity index (χ1) is 13.7. The van der Waals surface area contributed by atoms with Crippen molar-refractivity contribution >= 4 is 15.9 Å². The molecule has 1 heterocycles. The van der Waals surface area contributed by atoms with Gasteiger partial charge in [-0.2, -0.15) is 0 Å². The number of hydrogen-bond acceptors (Lipinski definition) is 2. The highest BCUT2D eigenvalue weighted by Gasteiger charge is 2.24. The molecule has 0 saturated heterocycles. The second-order valence-electron chi connectivity index (χ2n) is 6.19. The number of nitrogens with one attached hydrogen (secondary N) is 1. The van der Waals surface area contributed by atoms with E-state index in [1.807, 2.05) is 0 Å². The fourth-order valence-electron chi connectivity index (χ4n) is 2.85. The molecule has 0 aliphatic rings. The molecule has 1 aromatic heterocycles. The summed E-state index contributed by atoms with van der Waals surface area (Å²) < 4.78 is 61.9. The van der Waals surface area contributed by atoms with E-state index < -0.39 is 41.0 Å². The van der Waals surface area contributed by atoms with E-state index in [4.69, 9.17) is 4.74 Å². The standard InChI is InChI=1S/C21H14BrF4NO2/c1-3-11-6-15(25)18(16(26)7-11)17-10(2)27-21(28)19(22)20(17)29-9-12-4-5-13(23)8-14(12)24/h3-8H,1,9H2,2H3,(H,27,28). The Balaban J connectivity index is 2.14. The number of aromatic amines is 1. The van der Waals surface area contributed by atoms with Crippen LogP contribution in [-0.2, 0) is 6.61 Å². The highest BCUT2D eigenvalue weighted by Crippen LogP contribution is 2.39. The molecule has 3 aromatic rings. The number of aromatic nitrogens is 1. The Hall–Kier alpha value is -2.61. The molecule has 8 heteroatoms. The predicted molar refractivity (Wildman–Crippen MR) is 104 cm³/mol. The molecule has 0 fully saturated rings. The van der Waals surface area contributed by atoms with E-state index in [1.165, 1.54) is 19.4 Å². The summed E-state index contributed by atoms with van der Waals surface area (Å²) in [6, 6.07) is 5.10. The van der Waals surface area contributed by atoms with Crippen LogP contribution in [0.2, 0.25) is 0 Å². The average Bonchev–Trinajstić information content (AvgIpc) is 2.65. The van der Waals surface area contributed by atoms with Crippen LogP contribution < -0.4 is 10.3 Å². The van der Waals surface area contributed by atoms with Crippen molar-refractivity contribution in [2.75, 3.05) is 0 Å². The van der Waals surface area contributed by atoms with Gasteiger partial charge in [0, 0.05) is 17.3 Å². The second-order valence-corrected chi connectivity index (χ2v) is 6.98. The molecule has 0 unspecified atom stereocenters. The molecule has 2 radical (unpaired) electrons. The van der Waals surface area contributed by atoms with E-state index in [1.54, 1.807) is 0 Å². The Morgan fingerprint density at radius 2 is 1.72 bits per heavy atom. The largest absolute Gasteiger partial charge is 0.487 e. The summed E-state index contributed by atoms with van der Waals surface area (Å²) in [4.78, 5) is 14.6. The minimum atomic E-state index is -0.889. The molecule has 3 nitrogen and oxygen atoms in total. The van der Waals surface area contributed by atoms with Gasteiger partial charge in [-0.15, -0.1) is 0 Å². The molecule has 2 aromatic carbocycles. The Labute approximate surface area is 172 Å². The van der Waals surface area contributed by atoms with Gasteiger partial charge in [-0.05, 0) is 66.0 Å². The van der Waals surface area contributed by atoms with Crippen LogP contribution >= 0.6 is 15.9 Å². The van der Waals surface area contributed by atoms with Gasteiger partial charge in [-0.25, -0.2) is 17.6 Å². The Kier molecular flexibility index (Phi) is 6.12. The average molecular weight is 468 g/mol. The third kappa shape index (κ3) is 4.22. The lowest BCUT2D eigenvalue weighted by Gasteiger charge is -2.17. The van der Waals surface area contributed by atoms with Gasteiger partial charge in [0.1, 0.15) is 40.1 Å². The first kappa shape index (κ1) is 21.1. The normalized spacial score (nSPS) is 11.0. The molecule has 150 valence electrons. The summed E-state index contributed by atoms with van der Waals surface area (Å²) in [6.07, 6.45) is 1.29. The Bertz CT molecular complexity index is 1120. The maximum absolute atomic E-state index is 14.7. The fraction of sp³-hybridized carbons (Fsp3) is 0.0952. The zero-order valence-corrected chi connectivity index (χ0v) is 16.7. The third-order valence-electron chi connectivity index (χ3n) is 4.24. The van der Waals surface area contributed by atoms with Gasteiger partial charge in [-0.3, -0.25) is 4.79 Å². The van der Waals surface area contributed by atoms with Gasteiger partial charge in [0.05, 0.1) is 11.1 Å². The lowest BCUT2D eigenvalue weighted by Crippen LogP contribution is -2.14. The topological polar surface area (TPSA) is 42.1 Å². The number of aryl methyl sites for hydroxylation is 1. The molecule has 3 rings (SSSR count). The smallest absolute Gasteiger partial charge is 0.266 e. The van der Waals surface area contributed by atoms with Crippen molar-refractivity contribution in [1.82, 2.24) is 4.98 Å². The number of hydrogen-bond donors (Lipinski definition) is 1. The highest BCUT2D eigenvalue weighted by molar-refractivity contribution is 9.10. The number of rotatable bonds is 5. The predicted octanol–water partition coefficient (Wildman–Crippen LogP) is 5.63. The highest BCUT2D eigenvalue weighted by atomic mass is 79.9. The van der Waals surface area contributed by atoms with Crippen LogP contribution in [0.5, 0.6) is 5.75 Å². The monoisotopic (exact) mass is 467 g/mol. The van der Waals surface area contributed by atoms with Crippen LogP contribution in [0.4, 0.5) is 17.6 Å². The number of H-pyrrole nitrogens is 1. The maximum atomic E-state index is 14.7. The molecule has 0 bridgehead atoms. The molecule has 0 amide bonds. The van der Waals surface area contributed by atoms with E-state index in [0.29, 0.717) is 6.07 Å². The van der Waals surface area contributed by atoms with Gasteiger partial charge >= 0.3 is 0 Å². The summed E-state index contributed by atoms with van der Waals surface area (Å²) in [5, 5.41) is 0. The summed E-state index contributed by atoms with van der Waals surface area (Å²) in [6.45, 7) is 4.54. The van der Waals surface area contributed by atoms with Crippen molar-refractivity contribution in [3.05, 3.63) is 98.6 Å². The lowest BCUT2D eigenvalue weighted by atomic mass is 9.99. The molecule has 0 saturated carbocycles. The molecule has 0 aliphatic carbocycles. The van der Waals surface area contributed by atoms with Gasteiger partial charge in [-0.1, -0.05) is 0 Å². The van der Waals surface area contributed by atoms with Gasteiger partial charge in [0.25, 0.3) is 5.56 Å². The van der Waals surface area contributed by atoms with Gasteiger partial charge < -0.3 is 9.72 Å². The summed E-state index contributed by atoms with van der Waals surface area (Å²) in [5.74, 6) is -3.55. The number of halogens is 5. The van der Waals surface area contributed by atoms with E-state index in [2.05, 4.69) is 27.8 Å². The van der Waals surface area contributed by atoms with E-state index in [0.717, 1.165) is 18.2 Å². The lowest BCUT2D eigenvalue weighted by molar-refractivity contribution is 0.297. The third-order valence-corrected chi connectivity index (χ3v) is 4.96. The van der Waals surface area contributed by atoms with Crippen molar-refractivity contribution in [3.8, 4) is 16.9 Å². The zero-order valence-electron chi connectivity index (χ0n) is 15.1. The molecule has 29 heavy (non-hydrogen) atoms. The zero-order chi connectivity index (χ0) is 21.3. The summed E-state index contributed by atoms with van der Waals surface area (Å²) >= 11 is 3.06. The SMILES string of the molecule is [CH2][CH]c1cc(F)c(-c2c(C)[nH]c(=O)c(Br)c2OCc2ccc(F)cc2F)c(F)c1. The van der Waals surface area contributed by atoms with Crippen LogP contribution in [0, 0.1) is 43.5 Å². The molecular formula is C21H14BrF4NO2. The Morgan fingerprint density at radius 1 is 1.07 bits per heavy atom. The fourth-order valence-corrected chi connectivity index (χ4v) is 3.26. The van der Waals surface area contributed by atoms with Gasteiger partial charge in [0.2, 0.25) is 0 Å². The molecule has 1 N–H and O–H groups in total. The van der Waals surface area contributed by atoms with E-state index >= 15 is 0 Å². The van der Waals surface area contributed by atoms with Crippen LogP contribution in [0.1, 0.15) is 16.8 Å². The number of benzene rings is 2. The number of pyridine rings is 1. The molecular weight excluding hydrogens is 454 g/mol. The summed E-state index contributed by atoms with van der Waals surface area (Å²) in [5.41, 5.74) is -0.656. The minimum Gasteiger partial charge on any atom is -0.487 e. The van der Waals surface area contributed by atoms with Crippen molar-refractivity contribution < 1.29 is 22.3 Å². The number of ether oxygens (including phenoxy) is 1. The first-order valence-corrected chi connectivity index (χ1v) is 9.13. The van der Waals surface area contributed by atoms with Crippen molar-refractivity contribution in [2.24, 2.45) is 0 Å².